The SMILES string of the molecule is C=CC(=O)OCC[N+](C)(C)C.CC(=CCCN1CCNC1=O)C([NH-])=O. The van der Waals surface area contributed by atoms with Crippen molar-refractivity contribution in [2.75, 3.05) is 53.9 Å². The van der Waals surface area contributed by atoms with Crippen LogP contribution >= 0.6 is 0 Å². The van der Waals surface area contributed by atoms with Crippen LogP contribution in [0.5, 0.6) is 0 Å². The molecule has 1 aliphatic rings. The van der Waals surface area contributed by atoms with Gasteiger partial charge in [0.15, 0.2) is 0 Å². The number of nitrogens with zero attached hydrogens (tertiary/aromatic N) is 2. The first kappa shape index (κ1) is 22.6. The van der Waals surface area contributed by atoms with Crippen molar-refractivity contribution >= 4 is 17.9 Å². The van der Waals surface area contributed by atoms with Crippen LogP contribution in [0, 0.1) is 0 Å². The van der Waals surface area contributed by atoms with Gasteiger partial charge in [-0.3, -0.25) is 0 Å². The number of likely N-dealkylation sites (N-methyl/N-ethyl adjacent to an activating group) is 1. The fourth-order valence-corrected chi connectivity index (χ4v) is 1.73. The maximum Gasteiger partial charge on any atom is 0.330 e. The molecule has 0 saturated carbocycles. The first-order valence-electron chi connectivity index (χ1n) is 8.12. The Morgan fingerprint density at radius 3 is 2.48 bits per heavy atom. The maximum absolute atomic E-state index is 11.1. The van der Waals surface area contributed by atoms with Gasteiger partial charge < -0.3 is 30.0 Å². The second-order valence-electron chi connectivity index (χ2n) is 6.61. The first-order chi connectivity index (χ1) is 11.6. The van der Waals surface area contributed by atoms with Crippen LogP contribution < -0.4 is 5.32 Å². The lowest BCUT2D eigenvalue weighted by molar-refractivity contribution is -0.870. The zero-order valence-electron chi connectivity index (χ0n) is 15.6. The number of hydrogen-bond donors (Lipinski definition) is 1. The Kier molecular flexibility index (Phi) is 10.2. The number of esters is 1. The van der Waals surface area contributed by atoms with E-state index in [1.54, 1.807) is 17.9 Å². The zero-order chi connectivity index (χ0) is 19.5. The summed E-state index contributed by atoms with van der Waals surface area (Å²) in [5.74, 6) is -1.01. The summed E-state index contributed by atoms with van der Waals surface area (Å²) in [7, 11) is 6.13. The Hall–Kier alpha value is -2.35. The Morgan fingerprint density at radius 2 is 2.04 bits per heavy atom. The second-order valence-corrected chi connectivity index (χ2v) is 6.61. The van der Waals surface area contributed by atoms with Gasteiger partial charge in [0.1, 0.15) is 13.2 Å². The number of quaternary nitrogens is 1. The number of carbonyl (C=O) groups is 3. The Morgan fingerprint density at radius 1 is 1.40 bits per heavy atom. The lowest BCUT2D eigenvalue weighted by atomic mass is 10.2. The van der Waals surface area contributed by atoms with E-state index >= 15 is 0 Å². The van der Waals surface area contributed by atoms with Crippen molar-refractivity contribution in [3.63, 3.8) is 0 Å². The van der Waals surface area contributed by atoms with Gasteiger partial charge in [-0.05, 0) is 18.9 Å². The van der Waals surface area contributed by atoms with Crippen molar-refractivity contribution in [3.05, 3.63) is 30.0 Å². The van der Waals surface area contributed by atoms with Crippen molar-refractivity contribution in [1.82, 2.24) is 10.2 Å². The summed E-state index contributed by atoms with van der Waals surface area (Å²) in [6.07, 6.45) is 3.50. The van der Waals surface area contributed by atoms with Crippen LogP contribution in [0.1, 0.15) is 13.3 Å². The highest BCUT2D eigenvalue weighted by Crippen LogP contribution is 2.02. The van der Waals surface area contributed by atoms with E-state index in [9.17, 15) is 14.4 Å². The minimum Gasteiger partial charge on any atom is -0.664 e. The molecule has 25 heavy (non-hydrogen) atoms. The molecule has 3 amide bonds. The molecule has 1 saturated heterocycles. The Labute approximate surface area is 149 Å². The number of amides is 3. The van der Waals surface area contributed by atoms with Crippen molar-refractivity contribution < 1.29 is 23.6 Å². The van der Waals surface area contributed by atoms with E-state index in [0.29, 0.717) is 31.7 Å². The summed E-state index contributed by atoms with van der Waals surface area (Å²) in [5.41, 5.74) is 7.25. The standard InChI is InChI=1S/C9H15N3O2.C8H16NO2/c1-7(8(10)13)3-2-5-12-6-4-11-9(12)14;1-5-8(10)11-7-6-9(2,3)4/h3H,2,4-6H2,1H3,(H3,10,11,13,14);5H,1,6-7H2,2-4H3/q;+1/p-1. The van der Waals surface area contributed by atoms with E-state index in [-0.39, 0.29) is 12.0 Å². The lowest BCUT2D eigenvalue weighted by Crippen LogP contribution is -2.37. The average molecular weight is 354 g/mol. The summed E-state index contributed by atoms with van der Waals surface area (Å²) in [5, 5.41) is 2.69. The molecule has 0 atom stereocenters. The van der Waals surface area contributed by atoms with E-state index in [4.69, 9.17) is 10.5 Å². The third kappa shape index (κ3) is 11.8. The maximum atomic E-state index is 11.1. The van der Waals surface area contributed by atoms with Gasteiger partial charge in [-0.1, -0.05) is 12.7 Å². The van der Waals surface area contributed by atoms with Gasteiger partial charge in [-0.15, -0.1) is 0 Å². The van der Waals surface area contributed by atoms with Crippen LogP contribution in [0.15, 0.2) is 24.3 Å². The molecule has 1 fully saturated rings. The molecule has 0 spiro atoms. The molecule has 0 aromatic carbocycles. The normalized spacial score (nSPS) is 14.3. The predicted octanol–water partition coefficient (Wildman–Crippen LogP) is 1.35. The van der Waals surface area contributed by atoms with E-state index in [2.05, 4.69) is 11.9 Å². The Bertz CT molecular complexity index is 509. The van der Waals surface area contributed by atoms with Gasteiger partial charge in [0, 0.05) is 25.7 Å². The molecule has 8 heteroatoms. The van der Waals surface area contributed by atoms with E-state index in [1.807, 2.05) is 21.1 Å². The van der Waals surface area contributed by atoms with Gasteiger partial charge in [0.2, 0.25) is 0 Å². The van der Waals surface area contributed by atoms with E-state index in [1.165, 1.54) is 6.08 Å². The molecular formula is C17H30N4O4. The fourth-order valence-electron chi connectivity index (χ4n) is 1.73. The van der Waals surface area contributed by atoms with E-state index in [0.717, 1.165) is 17.6 Å². The fraction of sp³-hybridized carbons (Fsp3) is 0.588. The van der Waals surface area contributed by atoms with Gasteiger partial charge in [-0.25, -0.2) is 9.59 Å². The van der Waals surface area contributed by atoms with Crippen LogP contribution in [0.2, 0.25) is 0 Å². The number of ether oxygens (including phenoxy) is 1. The highest BCUT2D eigenvalue weighted by atomic mass is 16.5. The van der Waals surface area contributed by atoms with Crippen LogP contribution in [0.4, 0.5) is 4.79 Å². The molecule has 0 aromatic rings. The molecule has 0 bridgehead atoms. The molecular weight excluding hydrogens is 324 g/mol. The molecule has 1 rings (SSSR count). The molecule has 0 radical (unpaired) electrons. The van der Waals surface area contributed by atoms with Gasteiger partial charge in [-0.2, -0.15) is 0 Å². The first-order valence-corrected chi connectivity index (χ1v) is 8.12. The van der Waals surface area contributed by atoms with Crippen molar-refractivity contribution in [2.45, 2.75) is 13.3 Å². The molecule has 1 heterocycles. The minimum absolute atomic E-state index is 0.0479. The summed E-state index contributed by atoms with van der Waals surface area (Å²) < 4.78 is 5.59. The molecule has 2 N–H and O–H groups in total. The van der Waals surface area contributed by atoms with Crippen molar-refractivity contribution in [2.24, 2.45) is 0 Å². The molecule has 0 unspecified atom stereocenters. The van der Waals surface area contributed by atoms with Crippen LogP contribution in [-0.4, -0.2) is 81.2 Å². The van der Waals surface area contributed by atoms with Crippen LogP contribution in [-0.2, 0) is 14.3 Å². The number of rotatable bonds is 8. The number of urea groups is 1. The van der Waals surface area contributed by atoms with Gasteiger partial charge in [0.25, 0.3) is 0 Å². The van der Waals surface area contributed by atoms with E-state index < -0.39 is 5.91 Å². The lowest BCUT2D eigenvalue weighted by Gasteiger charge is -2.23. The number of nitrogens with one attached hydrogen (secondary N) is 2. The highest BCUT2D eigenvalue weighted by molar-refractivity contribution is 5.99. The molecule has 0 aliphatic carbocycles. The molecule has 1 aliphatic heterocycles. The Balaban J connectivity index is 0.000000477. The topological polar surface area (TPSA) is 99.5 Å². The predicted molar refractivity (Wildman–Crippen MR) is 96.7 cm³/mol. The quantitative estimate of drug-likeness (QED) is 0.404. The van der Waals surface area contributed by atoms with Crippen molar-refractivity contribution in [3.8, 4) is 0 Å². The monoisotopic (exact) mass is 354 g/mol. The third-order valence-corrected chi connectivity index (χ3v) is 3.33. The molecule has 0 aromatic heterocycles. The van der Waals surface area contributed by atoms with Crippen LogP contribution in [0.3, 0.4) is 0 Å². The zero-order valence-corrected chi connectivity index (χ0v) is 15.6. The van der Waals surface area contributed by atoms with Gasteiger partial charge >= 0.3 is 12.0 Å². The number of hydrogen-bond acceptors (Lipinski definition) is 4. The molecule has 142 valence electrons. The summed E-state index contributed by atoms with van der Waals surface area (Å²) in [6.45, 7) is 8.20. The summed E-state index contributed by atoms with van der Waals surface area (Å²) in [6, 6.07) is -0.0479. The highest BCUT2D eigenvalue weighted by Gasteiger charge is 2.17. The summed E-state index contributed by atoms with van der Waals surface area (Å²) in [4.78, 5) is 33.9. The average Bonchev–Trinajstić information content (AvgIpc) is 2.91. The molecule has 8 nitrogen and oxygen atoms in total. The van der Waals surface area contributed by atoms with Crippen LogP contribution in [0.25, 0.3) is 5.73 Å². The second kappa shape index (κ2) is 11.2. The van der Waals surface area contributed by atoms with Gasteiger partial charge in [0.05, 0.1) is 27.1 Å². The summed E-state index contributed by atoms with van der Waals surface area (Å²) >= 11 is 0. The minimum atomic E-state index is -0.657. The smallest absolute Gasteiger partial charge is 0.330 e. The van der Waals surface area contributed by atoms with Crippen molar-refractivity contribution in [1.29, 1.82) is 0 Å². The number of carbonyl (C=O) groups excluding carboxylic acids is 3. The third-order valence-electron chi connectivity index (χ3n) is 3.33. The largest absolute Gasteiger partial charge is 0.664 e.